The number of morpholine rings is 1. The normalized spacial score (nSPS) is 18.9. The lowest BCUT2D eigenvalue weighted by molar-refractivity contribution is -0.137. The fraction of sp³-hybridized carbons (Fsp3) is 0.562. The van der Waals surface area contributed by atoms with Crippen LogP contribution >= 0.6 is 0 Å². The van der Waals surface area contributed by atoms with Crippen molar-refractivity contribution in [1.82, 2.24) is 9.80 Å². The van der Waals surface area contributed by atoms with Gasteiger partial charge >= 0.3 is 0 Å². The van der Waals surface area contributed by atoms with Crippen molar-refractivity contribution in [2.24, 2.45) is 0 Å². The van der Waals surface area contributed by atoms with Crippen molar-refractivity contribution in [3.8, 4) is 5.75 Å². The Balaban J connectivity index is 1.84. The van der Waals surface area contributed by atoms with E-state index in [1.807, 2.05) is 24.3 Å². The standard InChI is InChI=1S/C16H22F2N2O3/c1-19(9-12-3-5-13(22-2)6-4-12)15(21)11-20-7-8-23-14(10-20)16(17)18/h3-6,14,16H,7-11H2,1-2H3. The molecule has 1 amide bonds. The summed E-state index contributed by atoms with van der Waals surface area (Å²) >= 11 is 0. The Bertz CT molecular complexity index is 511. The second kappa shape index (κ2) is 8.21. The number of hydrogen-bond acceptors (Lipinski definition) is 4. The molecule has 0 aromatic heterocycles. The molecule has 1 aliphatic rings. The molecule has 0 saturated carbocycles. The first-order valence-electron chi connectivity index (χ1n) is 7.48. The van der Waals surface area contributed by atoms with E-state index in [0.717, 1.165) is 11.3 Å². The second-order valence-electron chi connectivity index (χ2n) is 5.58. The lowest BCUT2D eigenvalue weighted by Gasteiger charge is -2.32. The van der Waals surface area contributed by atoms with Crippen molar-refractivity contribution in [2.45, 2.75) is 19.1 Å². The molecule has 128 valence electrons. The molecule has 23 heavy (non-hydrogen) atoms. The molecular formula is C16H22F2N2O3. The van der Waals surface area contributed by atoms with Crippen LogP contribution in [-0.4, -0.2) is 68.6 Å². The van der Waals surface area contributed by atoms with Crippen LogP contribution in [0.2, 0.25) is 0 Å². The van der Waals surface area contributed by atoms with Gasteiger partial charge in [-0.2, -0.15) is 0 Å². The first-order valence-corrected chi connectivity index (χ1v) is 7.48. The summed E-state index contributed by atoms with van der Waals surface area (Å²) in [6.07, 6.45) is -3.63. The van der Waals surface area contributed by atoms with E-state index in [1.165, 1.54) is 0 Å². The van der Waals surface area contributed by atoms with Gasteiger partial charge in [-0.1, -0.05) is 12.1 Å². The van der Waals surface area contributed by atoms with E-state index < -0.39 is 12.5 Å². The number of carbonyl (C=O) groups is 1. The maximum atomic E-state index is 12.7. The minimum Gasteiger partial charge on any atom is -0.497 e. The Kier molecular flexibility index (Phi) is 6.29. The van der Waals surface area contributed by atoms with E-state index in [-0.39, 0.29) is 25.6 Å². The number of hydrogen-bond donors (Lipinski definition) is 0. The average molecular weight is 328 g/mol. The van der Waals surface area contributed by atoms with Gasteiger partial charge in [0.1, 0.15) is 11.9 Å². The lowest BCUT2D eigenvalue weighted by atomic mass is 10.2. The van der Waals surface area contributed by atoms with Gasteiger partial charge < -0.3 is 14.4 Å². The van der Waals surface area contributed by atoms with Crippen LogP contribution in [0.5, 0.6) is 5.75 Å². The summed E-state index contributed by atoms with van der Waals surface area (Å²) in [4.78, 5) is 15.6. The Hall–Kier alpha value is -1.73. The molecule has 1 atom stereocenters. The first-order chi connectivity index (χ1) is 11.0. The highest BCUT2D eigenvalue weighted by Crippen LogP contribution is 2.14. The van der Waals surface area contributed by atoms with Gasteiger partial charge in [0.25, 0.3) is 6.43 Å². The summed E-state index contributed by atoms with van der Waals surface area (Å²) in [6, 6.07) is 7.46. The van der Waals surface area contributed by atoms with Crippen molar-refractivity contribution in [1.29, 1.82) is 0 Å². The van der Waals surface area contributed by atoms with Gasteiger partial charge in [-0.15, -0.1) is 0 Å². The van der Waals surface area contributed by atoms with Crippen LogP contribution in [0, 0.1) is 0 Å². The number of benzene rings is 1. The maximum absolute atomic E-state index is 12.7. The summed E-state index contributed by atoms with van der Waals surface area (Å²) in [7, 11) is 3.30. The zero-order valence-corrected chi connectivity index (χ0v) is 13.4. The molecule has 1 heterocycles. The van der Waals surface area contributed by atoms with Crippen LogP contribution in [0.4, 0.5) is 8.78 Å². The monoisotopic (exact) mass is 328 g/mol. The summed E-state index contributed by atoms with van der Waals surface area (Å²) in [6.45, 7) is 1.39. The number of alkyl halides is 2. The quantitative estimate of drug-likeness (QED) is 0.796. The molecule has 0 radical (unpaired) electrons. The SMILES string of the molecule is COc1ccc(CN(C)C(=O)CN2CCOC(C(F)F)C2)cc1. The van der Waals surface area contributed by atoms with Gasteiger partial charge in [0.05, 0.1) is 20.3 Å². The van der Waals surface area contributed by atoms with Crippen LogP contribution < -0.4 is 4.74 Å². The summed E-state index contributed by atoms with van der Waals surface area (Å²) in [5.41, 5.74) is 0.981. The molecule has 1 aromatic rings. The van der Waals surface area contributed by atoms with Gasteiger partial charge in [0.2, 0.25) is 5.91 Å². The zero-order valence-electron chi connectivity index (χ0n) is 13.4. The van der Waals surface area contributed by atoms with Crippen molar-refractivity contribution in [3.63, 3.8) is 0 Å². The third kappa shape index (κ3) is 5.14. The van der Waals surface area contributed by atoms with Crippen LogP contribution in [0.3, 0.4) is 0 Å². The molecule has 0 spiro atoms. The van der Waals surface area contributed by atoms with E-state index in [0.29, 0.717) is 13.1 Å². The smallest absolute Gasteiger partial charge is 0.265 e. The molecule has 1 unspecified atom stereocenters. The van der Waals surface area contributed by atoms with E-state index in [1.54, 1.807) is 24.0 Å². The Morgan fingerprint density at radius 2 is 2.13 bits per heavy atom. The molecule has 0 N–H and O–H groups in total. The highest BCUT2D eigenvalue weighted by atomic mass is 19.3. The Labute approximate surface area is 134 Å². The molecule has 1 fully saturated rings. The summed E-state index contributed by atoms with van der Waals surface area (Å²) < 4.78 is 35.5. The molecule has 1 saturated heterocycles. The minimum absolute atomic E-state index is 0.0831. The number of rotatable bonds is 6. The van der Waals surface area contributed by atoms with Crippen molar-refractivity contribution in [2.75, 3.05) is 40.4 Å². The Morgan fingerprint density at radius 3 is 2.74 bits per heavy atom. The predicted octanol–water partition coefficient (Wildman–Crippen LogP) is 1.62. The number of carbonyl (C=O) groups excluding carboxylic acids is 1. The van der Waals surface area contributed by atoms with E-state index in [2.05, 4.69) is 0 Å². The average Bonchev–Trinajstić information content (AvgIpc) is 2.55. The fourth-order valence-corrected chi connectivity index (χ4v) is 2.43. The number of ether oxygens (including phenoxy) is 2. The van der Waals surface area contributed by atoms with Crippen LogP contribution in [0.25, 0.3) is 0 Å². The molecule has 5 nitrogen and oxygen atoms in total. The number of likely N-dealkylation sites (N-methyl/N-ethyl adjacent to an activating group) is 1. The van der Waals surface area contributed by atoms with E-state index >= 15 is 0 Å². The zero-order chi connectivity index (χ0) is 16.8. The van der Waals surface area contributed by atoms with Gasteiger partial charge in [-0.25, -0.2) is 8.78 Å². The molecule has 0 aliphatic carbocycles. The van der Waals surface area contributed by atoms with Crippen molar-refractivity contribution < 1.29 is 23.0 Å². The number of halogens is 2. The molecule has 2 rings (SSSR count). The first kappa shape index (κ1) is 17.6. The number of methoxy groups -OCH3 is 1. The van der Waals surface area contributed by atoms with Crippen LogP contribution in [-0.2, 0) is 16.1 Å². The highest BCUT2D eigenvalue weighted by molar-refractivity contribution is 5.78. The van der Waals surface area contributed by atoms with E-state index in [9.17, 15) is 13.6 Å². The number of amides is 1. The van der Waals surface area contributed by atoms with Crippen molar-refractivity contribution in [3.05, 3.63) is 29.8 Å². The second-order valence-corrected chi connectivity index (χ2v) is 5.58. The van der Waals surface area contributed by atoms with Gasteiger partial charge in [0.15, 0.2) is 0 Å². The Morgan fingerprint density at radius 1 is 1.43 bits per heavy atom. The largest absolute Gasteiger partial charge is 0.497 e. The molecule has 1 aromatic carbocycles. The molecule has 1 aliphatic heterocycles. The van der Waals surface area contributed by atoms with Gasteiger partial charge in [-0.05, 0) is 17.7 Å². The summed E-state index contributed by atoms with van der Waals surface area (Å²) in [5.74, 6) is 0.657. The van der Waals surface area contributed by atoms with Crippen molar-refractivity contribution >= 4 is 5.91 Å². The van der Waals surface area contributed by atoms with Crippen LogP contribution in [0.15, 0.2) is 24.3 Å². The summed E-state index contributed by atoms with van der Waals surface area (Å²) in [5, 5.41) is 0. The van der Waals surface area contributed by atoms with Crippen LogP contribution in [0.1, 0.15) is 5.56 Å². The predicted molar refractivity (Wildman–Crippen MR) is 81.7 cm³/mol. The minimum atomic E-state index is -2.52. The van der Waals surface area contributed by atoms with E-state index in [4.69, 9.17) is 9.47 Å². The third-order valence-electron chi connectivity index (χ3n) is 3.82. The maximum Gasteiger partial charge on any atom is 0.265 e. The van der Waals surface area contributed by atoms with Gasteiger partial charge in [-0.3, -0.25) is 9.69 Å². The topological polar surface area (TPSA) is 42.0 Å². The fourth-order valence-electron chi connectivity index (χ4n) is 2.43. The third-order valence-corrected chi connectivity index (χ3v) is 3.82. The molecule has 0 bridgehead atoms. The lowest BCUT2D eigenvalue weighted by Crippen LogP contribution is -2.49. The van der Waals surface area contributed by atoms with Gasteiger partial charge in [0, 0.05) is 26.7 Å². The highest BCUT2D eigenvalue weighted by Gasteiger charge is 2.29. The molecule has 7 heteroatoms. The molecular weight excluding hydrogens is 306 g/mol. The number of nitrogens with zero attached hydrogens (tertiary/aromatic N) is 2.